The molecule has 2 aliphatic heterocycles. The number of pyridine rings is 1. The third kappa shape index (κ3) is 9.16. The number of rotatable bonds is 9. The Morgan fingerprint density at radius 3 is 2.34 bits per heavy atom. The molecule has 0 radical (unpaired) electrons. The number of hydrogen-bond donors (Lipinski definition) is 3. The summed E-state index contributed by atoms with van der Waals surface area (Å²) in [6, 6.07) is -0.389. The van der Waals surface area contributed by atoms with Crippen LogP contribution in [0.15, 0.2) is 30.5 Å². The van der Waals surface area contributed by atoms with Crippen LogP contribution < -0.4 is 29.6 Å². The largest absolute Gasteiger partial charge is 0.494 e. The van der Waals surface area contributed by atoms with Crippen LogP contribution in [0.4, 0.5) is 22.4 Å². The fraction of sp³-hybridized carbons (Fsp3) is 0.615. The quantitative estimate of drug-likeness (QED) is 0.235. The number of carbonyl (C=O) groups excluding carboxylic acids is 4. The molecule has 1 saturated heterocycles. The molecule has 1 aromatic heterocycles. The topological polar surface area (TPSA) is 192 Å². The number of carbonyl (C=O) groups is 4. The van der Waals surface area contributed by atoms with Crippen molar-refractivity contribution in [3.05, 3.63) is 36.3 Å². The summed E-state index contributed by atoms with van der Waals surface area (Å²) in [7, 11) is -1.34. The molecule has 15 nitrogen and oxygen atoms in total. The Hall–Kier alpha value is -4.88. The van der Waals surface area contributed by atoms with Crippen LogP contribution in [-0.4, -0.2) is 104 Å². The van der Waals surface area contributed by atoms with E-state index in [0.29, 0.717) is 51.3 Å². The zero-order chi connectivity index (χ0) is 43.2. The Kier molecular flexibility index (Phi) is 12.1. The third-order valence-electron chi connectivity index (χ3n) is 11.5. The van der Waals surface area contributed by atoms with Crippen molar-refractivity contribution in [2.24, 2.45) is 17.8 Å². The third-order valence-corrected chi connectivity index (χ3v) is 13.3. The van der Waals surface area contributed by atoms with E-state index in [4.69, 9.17) is 18.9 Å². The molecule has 324 valence electrons. The molecule has 3 heterocycles. The van der Waals surface area contributed by atoms with Crippen LogP contribution in [0.2, 0.25) is 0 Å². The number of fused-ring (bicyclic) bond motifs is 3. The molecule has 4 amide bonds. The smallest absolute Gasteiger partial charge is 0.427 e. The number of sulfonamides is 1. The van der Waals surface area contributed by atoms with Crippen molar-refractivity contribution in [2.75, 3.05) is 20.8 Å². The van der Waals surface area contributed by atoms with Gasteiger partial charge >= 0.3 is 12.3 Å². The van der Waals surface area contributed by atoms with E-state index in [1.807, 2.05) is 13.0 Å². The molecule has 20 heteroatoms. The highest BCUT2D eigenvalue weighted by Crippen LogP contribution is 2.46. The average Bonchev–Trinajstić information content (AvgIpc) is 4.08. The van der Waals surface area contributed by atoms with E-state index >= 15 is 4.39 Å². The summed E-state index contributed by atoms with van der Waals surface area (Å²) in [5, 5.41) is 4.88. The summed E-state index contributed by atoms with van der Waals surface area (Å²) in [6.45, 7) is 4.56. The molecule has 7 unspecified atom stereocenters. The van der Waals surface area contributed by atoms with E-state index < -0.39 is 92.2 Å². The predicted octanol–water partition coefficient (Wildman–Crippen LogP) is 4.67. The van der Waals surface area contributed by atoms with Crippen molar-refractivity contribution in [2.45, 2.75) is 113 Å². The van der Waals surface area contributed by atoms with Gasteiger partial charge in [0, 0.05) is 17.7 Å². The highest BCUT2D eigenvalue weighted by Gasteiger charge is 2.62. The van der Waals surface area contributed by atoms with Gasteiger partial charge in [0.05, 0.1) is 37.6 Å². The minimum Gasteiger partial charge on any atom is -0.494 e. The number of hydrogen-bond acceptors (Lipinski definition) is 11. The minimum absolute atomic E-state index is 0.0579. The van der Waals surface area contributed by atoms with E-state index in [1.165, 1.54) is 26.5 Å². The van der Waals surface area contributed by atoms with Gasteiger partial charge in [-0.25, -0.2) is 22.6 Å². The zero-order valence-electron chi connectivity index (χ0n) is 33.5. The van der Waals surface area contributed by atoms with Crippen LogP contribution in [0.25, 0.3) is 10.8 Å². The zero-order valence-corrected chi connectivity index (χ0v) is 34.3. The Morgan fingerprint density at radius 1 is 1.00 bits per heavy atom. The van der Waals surface area contributed by atoms with Crippen LogP contribution in [0.3, 0.4) is 0 Å². The average molecular weight is 856 g/mol. The molecular formula is C39H49F4N5O10S. The van der Waals surface area contributed by atoms with E-state index in [-0.39, 0.29) is 48.1 Å². The SMILES string of the molecule is COc1cc2c(OC)cnc(OC3CC4C(=O)NC5(C(=O)NS(=O)(=O)C6CC6)CC5C=CC(C)CCCC(C)C(NC(=O)OC(C)(C)C(F)(F)F)C(=O)N4C3)c2cc1F. The van der Waals surface area contributed by atoms with Gasteiger partial charge in [-0.1, -0.05) is 32.4 Å². The summed E-state index contributed by atoms with van der Waals surface area (Å²) in [4.78, 5) is 61.5. The lowest BCUT2D eigenvalue weighted by atomic mass is 9.92. The second kappa shape index (κ2) is 16.3. The second-order valence-corrected chi connectivity index (χ2v) is 18.3. The van der Waals surface area contributed by atoms with Crippen LogP contribution in [0, 0.1) is 23.6 Å². The Balaban J connectivity index is 1.37. The van der Waals surface area contributed by atoms with Crippen LogP contribution in [-0.2, 0) is 29.1 Å². The van der Waals surface area contributed by atoms with Gasteiger partial charge in [-0.3, -0.25) is 19.1 Å². The van der Waals surface area contributed by atoms with Gasteiger partial charge in [0.2, 0.25) is 33.3 Å². The van der Waals surface area contributed by atoms with Gasteiger partial charge in [-0.15, -0.1) is 0 Å². The highest BCUT2D eigenvalue weighted by atomic mass is 32.2. The summed E-state index contributed by atoms with van der Waals surface area (Å²) in [5.74, 6) is -4.62. The molecule has 59 heavy (non-hydrogen) atoms. The number of ether oxygens (including phenoxy) is 4. The molecule has 0 bridgehead atoms. The van der Waals surface area contributed by atoms with Crippen LogP contribution in [0.5, 0.6) is 17.4 Å². The first kappa shape index (κ1) is 43.7. The number of aromatic nitrogens is 1. The van der Waals surface area contributed by atoms with Crippen molar-refractivity contribution in [3.8, 4) is 17.4 Å². The molecular weight excluding hydrogens is 807 g/mol. The first-order valence-corrected chi connectivity index (χ1v) is 21.0. The maximum absolute atomic E-state index is 15.0. The standard InChI is InChI=1S/C39H49F4N5O10S/c1-20-8-7-9-21(2)31(45-36(52)58-37(3,4)39(41,42)43)34(50)48-19-23(57-33-26-15-27(40)29(55-5)16-25(26)30(56-6)18-44-33)14-28(48)32(49)46-38(17-22(38)11-10-20)35(51)47-59(53,54)24-12-13-24/h10-11,15-16,18,20-24,28,31H,7-9,12-14,17,19H2,1-6H3,(H,45,52)(H,46,49)(H,47,51). The van der Waals surface area contributed by atoms with Crippen molar-refractivity contribution in [1.29, 1.82) is 0 Å². The van der Waals surface area contributed by atoms with Gasteiger partial charge in [-0.2, -0.15) is 13.2 Å². The number of alkyl halides is 3. The lowest BCUT2D eigenvalue weighted by molar-refractivity contribution is -0.244. The van der Waals surface area contributed by atoms with Crippen LogP contribution in [0.1, 0.15) is 72.6 Å². The molecule has 4 aliphatic rings. The summed E-state index contributed by atoms with van der Waals surface area (Å²) < 4.78 is 106. The summed E-state index contributed by atoms with van der Waals surface area (Å²) >= 11 is 0. The lowest BCUT2D eigenvalue weighted by Gasteiger charge is -2.33. The van der Waals surface area contributed by atoms with E-state index in [2.05, 4.69) is 20.3 Å². The van der Waals surface area contributed by atoms with E-state index in [9.17, 15) is 40.8 Å². The number of methoxy groups -OCH3 is 2. The van der Waals surface area contributed by atoms with Crippen molar-refractivity contribution < 1.29 is 64.1 Å². The fourth-order valence-electron chi connectivity index (χ4n) is 7.52. The molecule has 7 atom stereocenters. The molecule has 0 spiro atoms. The van der Waals surface area contributed by atoms with E-state index in [0.717, 1.165) is 11.0 Å². The monoisotopic (exact) mass is 855 g/mol. The number of alkyl carbamates (subject to hydrolysis) is 1. The molecule has 3 fully saturated rings. The lowest BCUT2D eigenvalue weighted by Crippen LogP contribution is -2.59. The number of allylic oxidation sites excluding steroid dienone is 1. The van der Waals surface area contributed by atoms with E-state index in [1.54, 1.807) is 13.0 Å². The number of nitrogens with one attached hydrogen (secondary N) is 3. The van der Waals surface area contributed by atoms with Gasteiger partial charge < -0.3 is 34.5 Å². The van der Waals surface area contributed by atoms with Gasteiger partial charge in [-0.05, 0) is 69.9 Å². The predicted molar refractivity (Wildman–Crippen MR) is 203 cm³/mol. The maximum atomic E-state index is 15.0. The molecule has 2 aromatic rings. The number of nitrogens with zero attached hydrogens (tertiary/aromatic N) is 2. The number of amides is 4. The van der Waals surface area contributed by atoms with Gasteiger partial charge in [0.15, 0.2) is 11.6 Å². The minimum atomic E-state index is -4.94. The Bertz CT molecular complexity index is 2130. The number of benzene rings is 1. The Morgan fingerprint density at radius 2 is 1.69 bits per heavy atom. The Labute approximate surface area is 339 Å². The summed E-state index contributed by atoms with van der Waals surface area (Å²) in [6.07, 6.45) is -0.496. The first-order valence-electron chi connectivity index (χ1n) is 19.4. The van der Waals surface area contributed by atoms with Crippen molar-refractivity contribution >= 4 is 44.6 Å². The maximum Gasteiger partial charge on any atom is 0.427 e. The van der Waals surface area contributed by atoms with Gasteiger partial charge in [0.1, 0.15) is 29.5 Å². The van der Waals surface area contributed by atoms with Crippen LogP contribution >= 0.6 is 0 Å². The normalized spacial score (nSPS) is 28.0. The van der Waals surface area contributed by atoms with Crippen molar-refractivity contribution in [1.82, 2.24) is 25.2 Å². The second-order valence-electron chi connectivity index (χ2n) is 16.4. The molecule has 3 N–H and O–H groups in total. The van der Waals surface area contributed by atoms with Gasteiger partial charge in [0.25, 0.3) is 5.91 Å². The molecule has 2 aliphatic carbocycles. The molecule has 6 rings (SSSR count). The number of halogens is 4. The molecule has 1 aromatic carbocycles. The van der Waals surface area contributed by atoms with Crippen molar-refractivity contribution in [3.63, 3.8) is 0 Å². The highest BCUT2D eigenvalue weighted by molar-refractivity contribution is 7.91. The fourth-order valence-corrected chi connectivity index (χ4v) is 8.89. The summed E-state index contributed by atoms with van der Waals surface area (Å²) in [5.41, 5.74) is -4.61. The molecule has 2 saturated carbocycles. The first-order chi connectivity index (χ1) is 27.6.